The first-order valence-electron chi connectivity index (χ1n) is 7.31. The van der Waals surface area contributed by atoms with Crippen LogP contribution in [-0.4, -0.2) is 33.9 Å². The fourth-order valence-corrected chi connectivity index (χ4v) is 2.35. The Morgan fingerprint density at radius 3 is 2.81 bits per heavy atom. The van der Waals surface area contributed by atoms with Gasteiger partial charge in [0.15, 0.2) is 0 Å². The molecule has 1 unspecified atom stereocenters. The minimum atomic E-state index is -0.501. The second-order valence-electron chi connectivity index (χ2n) is 5.67. The zero-order valence-corrected chi connectivity index (χ0v) is 12.6. The molecule has 0 amide bonds. The van der Waals surface area contributed by atoms with Gasteiger partial charge in [0.2, 0.25) is 0 Å². The third kappa shape index (κ3) is 4.03. The molecule has 112 valence electrons. The number of nitriles is 1. The highest BCUT2D eigenvalue weighted by atomic mass is 16.3. The average Bonchev–Trinajstić information content (AvgIpc) is 2.77. The van der Waals surface area contributed by atoms with Gasteiger partial charge in [-0.15, -0.1) is 0 Å². The summed E-state index contributed by atoms with van der Waals surface area (Å²) in [6.45, 7) is 6.13. The highest BCUT2D eigenvalue weighted by Gasteiger charge is 2.13. The van der Waals surface area contributed by atoms with Crippen LogP contribution >= 0.6 is 0 Å². The molecule has 1 atom stereocenters. The molecule has 5 heteroatoms. The number of aliphatic hydroxyl groups excluding tert-OH is 1. The maximum Gasteiger partial charge on any atom is 0.124 e. The Balaban J connectivity index is 2.12. The predicted molar refractivity (Wildman–Crippen MR) is 82.8 cm³/mol. The molecule has 5 nitrogen and oxygen atoms in total. The van der Waals surface area contributed by atoms with E-state index < -0.39 is 6.10 Å². The second kappa shape index (κ2) is 7.21. The number of imidazole rings is 1. The maximum absolute atomic E-state index is 10.2. The Bertz CT molecular complexity index is 627. The first kappa shape index (κ1) is 15.5. The van der Waals surface area contributed by atoms with Crippen LogP contribution in [0.25, 0.3) is 11.0 Å². The van der Waals surface area contributed by atoms with Crippen molar-refractivity contribution >= 4 is 11.0 Å². The topological polar surface area (TPSA) is 73.9 Å². The normalized spacial score (nSPS) is 12.7. The fourth-order valence-electron chi connectivity index (χ4n) is 2.35. The van der Waals surface area contributed by atoms with Crippen molar-refractivity contribution in [2.75, 3.05) is 13.1 Å². The Hall–Kier alpha value is -1.90. The van der Waals surface area contributed by atoms with Crippen LogP contribution < -0.4 is 5.32 Å². The summed E-state index contributed by atoms with van der Waals surface area (Å²) in [5, 5.41) is 22.4. The standard InChI is InChI=1S/C16H22N4O/c1-12(2)9-18-10-13(21)11-20-15-6-4-3-5-14(15)19-16(20)7-8-17/h3-6,12-13,18,21H,7,9-11H2,1-2H3. The van der Waals surface area contributed by atoms with Gasteiger partial charge in [-0.05, 0) is 24.6 Å². The van der Waals surface area contributed by atoms with Crippen molar-refractivity contribution in [2.45, 2.75) is 32.9 Å². The van der Waals surface area contributed by atoms with Crippen LogP contribution in [0.1, 0.15) is 19.7 Å². The van der Waals surface area contributed by atoms with Crippen molar-refractivity contribution in [1.29, 1.82) is 5.26 Å². The first-order chi connectivity index (χ1) is 10.1. The van der Waals surface area contributed by atoms with Gasteiger partial charge in [-0.2, -0.15) is 5.26 Å². The molecule has 0 aliphatic rings. The summed E-state index contributed by atoms with van der Waals surface area (Å²) in [6.07, 6.45) is -0.250. The van der Waals surface area contributed by atoms with E-state index in [4.69, 9.17) is 5.26 Å². The van der Waals surface area contributed by atoms with Crippen molar-refractivity contribution in [3.8, 4) is 6.07 Å². The number of benzene rings is 1. The van der Waals surface area contributed by atoms with Crippen LogP contribution in [0.2, 0.25) is 0 Å². The highest BCUT2D eigenvalue weighted by molar-refractivity contribution is 5.76. The molecule has 0 aliphatic heterocycles. The Labute approximate surface area is 125 Å². The molecule has 0 radical (unpaired) electrons. The van der Waals surface area contributed by atoms with E-state index in [1.54, 1.807) is 0 Å². The molecule has 1 aromatic carbocycles. The highest BCUT2D eigenvalue weighted by Crippen LogP contribution is 2.16. The number of fused-ring (bicyclic) bond motifs is 1. The van der Waals surface area contributed by atoms with E-state index in [1.165, 1.54) is 0 Å². The first-order valence-corrected chi connectivity index (χ1v) is 7.31. The van der Waals surface area contributed by atoms with E-state index in [1.807, 2.05) is 28.8 Å². The van der Waals surface area contributed by atoms with Crippen molar-refractivity contribution in [2.24, 2.45) is 5.92 Å². The van der Waals surface area contributed by atoms with E-state index in [0.717, 1.165) is 17.6 Å². The van der Waals surface area contributed by atoms with Gasteiger partial charge in [0.1, 0.15) is 5.82 Å². The number of aromatic nitrogens is 2. The van der Waals surface area contributed by atoms with Crippen molar-refractivity contribution in [3.63, 3.8) is 0 Å². The van der Waals surface area contributed by atoms with E-state index >= 15 is 0 Å². The molecule has 1 heterocycles. The van der Waals surface area contributed by atoms with Gasteiger partial charge >= 0.3 is 0 Å². The molecular formula is C16H22N4O. The van der Waals surface area contributed by atoms with Crippen LogP contribution in [0.5, 0.6) is 0 Å². The quantitative estimate of drug-likeness (QED) is 0.812. The molecule has 0 saturated carbocycles. The predicted octanol–water partition coefficient (Wildman–Crippen LogP) is 1.71. The lowest BCUT2D eigenvalue weighted by Crippen LogP contribution is -2.32. The number of rotatable bonds is 7. The summed E-state index contributed by atoms with van der Waals surface area (Å²) in [5.41, 5.74) is 1.83. The summed E-state index contributed by atoms with van der Waals surface area (Å²) in [5.74, 6) is 1.27. The summed E-state index contributed by atoms with van der Waals surface area (Å²) < 4.78 is 1.94. The molecule has 2 N–H and O–H groups in total. The number of aliphatic hydroxyl groups is 1. The van der Waals surface area contributed by atoms with E-state index in [2.05, 4.69) is 30.2 Å². The number of para-hydroxylation sites is 2. The fraction of sp³-hybridized carbons (Fsp3) is 0.500. The van der Waals surface area contributed by atoms with Gasteiger partial charge in [-0.3, -0.25) is 0 Å². The lowest BCUT2D eigenvalue weighted by atomic mass is 10.2. The van der Waals surface area contributed by atoms with Gasteiger partial charge in [-0.1, -0.05) is 26.0 Å². The minimum absolute atomic E-state index is 0.251. The number of hydrogen-bond acceptors (Lipinski definition) is 4. The zero-order chi connectivity index (χ0) is 15.2. The largest absolute Gasteiger partial charge is 0.390 e. The van der Waals surface area contributed by atoms with Crippen LogP contribution in [0.3, 0.4) is 0 Å². The molecule has 0 bridgehead atoms. The van der Waals surface area contributed by atoms with Crippen LogP contribution in [0, 0.1) is 17.2 Å². The lowest BCUT2D eigenvalue weighted by Gasteiger charge is -2.15. The zero-order valence-electron chi connectivity index (χ0n) is 12.6. The molecule has 2 aromatic rings. The van der Waals surface area contributed by atoms with Crippen LogP contribution in [-0.2, 0) is 13.0 Å². The molecule has 1 aromatic heterocycles. The third-order valence-electron chi connectivity index (χ3n) is 3.30. The van der Waals surface area contributed by atoms with Gasteiger partial charge in [0.05, 0.1) is 36.2 Å². The molecule has 0 aliphatic carbocycles. The third-order valence-corrected chi connectivity index (χ3v) is 3.30. The summed E-state index contributed by atoms with van der Waals surface area (Å²) in [6, 6.07) is 9.90. The molecule has 0 saturated heterocycles. The number of nitrogens with one attached hydrogen (secondary N) is 1. The SMILES string of the molecule is CC(C)CNCC(O)Cn1c(CC#N)nc2ccccc21. The van der Waals surface area contributed by atoms with Gasteiger partial charge < -0.3 is 15.0 Å². The Morgan fingerprint density at radius 1 is 1.33 bits per heavy atom. The van der Waals surface area contributed by atoms with E-state index in [-0.39, 0.29) is 6.42 Å². The van der Waals surface area contributed by atoms with Crippen molar-refractivity contribution < 1.29 is 5.11 Å². The smallest absolute Gasteiger partial charge is 0.124 e. The van der Waals surface area contributed by atoms with Gasteiger partial charge in [-0.25, -0.2) is 4.98 Å². The number of nitrogens with zero attached hydrogens (tertiary/aromatic N) is 3. The molecule has 2 rings (SSSR count). The lowest BCUT2D eigenvalue weighted by molar-refractivity contribution is 0.151. The van der Waals surface area contributed by atoms with Crippen LogP contribution in [0.15, 0.2) is 24.3 Å². The van der Waals surface area contributed by atoms with Crippen molar-refractivity contribution in [1.82, 2.24) is 14.9 Å². The second-order valence-corrected chi connectivity index (χ2v) is 5.67. The molecule has 0 fully saturated rings. The molecule has 0 spiro atoms. The van der Waals surface area contributed by atoms with E-state index in [9.17, 15) is 5.11 Å². The van der Waals surface area contributed by atoms with Gasteiger partial charge in [0, 0.05) is 6.54 Å². The summed E-state index contributed by atoms with van der Waals surface area (Å²) in [4.78, 5) is 4.47. The summed E-state index contributed by atoms with van der Waals surface area (Å²) in [7, 11) is 0. The van der Waals surface area contributed by atoms with E-state index in [0.29, 0.717) is 24.8 Å². The average molecular weight is 286 g/mol. The summed E-state index contributed by atoms with van der Waals surface area (Å²) >= 11 is 0. The monoisotopic (exact) mass is 286 g/mol. The Kier molecular flexibility index (Phi) is 5.32. The van der Waals surface area contributed by atoms with Crippen LogP contribution in [0.4, 0.5) is 0 Å². The Morgan fingerprint density at radius 2 is 2.10 bits per heavy atom. The number of hydrogen-bond donors (Lipinski definition) is 2. The molecule has 21 heavy (non-hydrogen) atoms. The minimum Gasteiger partial charge on any atom is -0.390 e. The van der Waals surface area contributed by atoms with Gasteiger partial charge in [0.25, 0.3) is 0 Å². The molecular weight excluding hydrogens is 264 g/mol. The maximum atomic E-state index is 10.2. The van der Waals surface area contributed by atoms with Crippen molar-refractivity contribution in [3.05, 3.63) is 30.1 Å².